The number of ether oxygens (including phenoxy) is 2. The lowest BCUT2D eigenvalue weighted by atomic mass is 10.0. The van der Waals surface area contributed by atoms with E-state index in [0.29, 0.717) is 40.0 Å². The lowest BCUT2D eigenvalue weighted by Crippen LogP contribution is -2.23. The minimum atomic E-state index is -0.702. The second-order valence-corrected chi connectivity index (χ2v) is 10.0. The van der Waals surface area contributed by atoms with E-state index in [1.165, 1.54) is 48.0 Å². The Morgan fingerprint density at radius 1 is 1.10 bits per heavy atom. The van der Waals surface area contributed by atoms with E-state index in [0.717, 1.165) is 10.6 Å². The highest BCUT2D eigenvalue weighted by atomic mass is 32.1. The highest BCUT2D eigenvalue weighted by Crippen LogP contribution is 2.38. The number of nitrogens with two attached hydrogens (primary N) is 1. The van der Waals surface area contributed by atoms with Gasteiger partial charge in [-0.25, -0.2) is 33.4 Å². The van der Waals surface area contributed by atoms with Gasteiger partial charge in [-0.2, -0.15) is 5.10 Å². The molecule has 0 fully saturated rings. The molecular weight excluding hydrogens is 554 g/mol. The number of halogens is 2. The van der Waals surface area contributed by atoms with Crippen LogP contribution in [-0.2, 0) is 4.74 Å². The lowest BCUT2D eigenvalue weighted by Gasteiger charge is -2.18. The summed E-state index contributed by atoms with van der Waals surface area (Å²) in [5.74, 6) is -0.950. The Hall–Kier alpha value is -4.82. The van der Waals surface area contributed by atoms with Gasteiger partial charge in [0.2, 0.25) is 0 Å². The summed E-state index contributed by atoms with van der Waals surface area (Å²) in [5.41, 5.74) is 7.46. The SMILES string of the molecule is COCCOc1ncc(-c2nn([C@H](C)c3nc4ccc(F)cn4c(=O)c3-c3cccc(F)c3)c3ncnc(N)c23)s1. The van der Waals surface area contributed by atoms with Crippen molar-refractivity contribution in [3.8, 4) is 26.9 Å². The largest absolute Gasteiger partial charge is 0.468 e. The molecule has 1 aromatic carbocycles. The molecule has 0 saturated heterocycles. The van der Waals surface area contributed by atoms with Gasteiger partial charge in [0.1, 0.15) is 41.7 Å². The van der Waals surface area contributed by atoms with E-state index in [4.69, 9.17) is 25.3 Å². The third-order valence-corrected chi connectivity index (χ3v) is 7.36. The lowest BCUT2D eigenvalue weighted by molar-refractivity contribution is 0.146. The quantitative estimate of drug-likeness (QED) is 0.266. The minimum absolute atomic E-state index is 0.0962. The molecule has 1 atom stereocenters. The average molecular weight is 577 g/mol. The van der Waals surface area contributed by atoms with Crippen LogP contribution in [0.4, 0.5) is 14.6 Å². The highest BCUT2D eigenvalue weighted by Gasteiger charge is 2.27. The standard InChI is InChI=1S/C27H22F2N8O3S/c1-14(22-20(15-4-3-5-16(28)10-15)26(38)36-12-17(29)6-7-19(36)34-22)37-25-21(24(30)32-13-33-25)23(35-37)18-11-31-27(41-18)40-9-8-39-2/h3-7,10-14H,8-9H2,1-2H3,(H2,30,32,33)/t14-/m1/s1. The molecule has 0 radical (unpaired) electrons. The molecule has 0 spiro atoms. The van der Waals surface area contributed by atoms with Crippen LogP contribution in [0.25, 0.3) is 38.4 Å². The van der Waals surface area contributed by atoms with Crippen molar-refractivity contribution in [2.45, 2.75) is 13.0 Å². The Kier molecular flexibility index (Phi) is 6.85. The number of anilines is 1. The fourth-order valence-corrected chi connectivity index (χ4v) is 5.33. The van der Waals surface area contributed by atoms with Crippen molar-refractivity contribution in [2.24, 2.45) is 0 Å². The van der Waals surface area contributed by atoms with Crippen LogP contribution in [0.2, 0.25) is 0 Å². The Bertz CT molecular complexity index is 1970. The highest BCUT2D eigenvalue weighted by molar-refractivity contribution is 7.16. The summed E-state index contributed by atoms with van der Waals surface area (Å²) in [6, 6.07) is 7.50. The van der Waals surface area contributed by atoms with Gasteiger partial charge >= 0.3 is 0 Å². The molecule has 6 aromatic rings. The van der Waals surface area contributed by atoms with Crippen LogP contribution in [0.15, 0.2) is 59.9 Å². The first-order chi connectivity index (χ1) is 19.9. The maximum absolute atomic E-state index is 14.3. The summed E-state index contributed by atoms with van der Waals surface area (Å²) < 4.78 is 41.7. The van der Waals surface area contributed by atoms with Crippen molar-refractivity contribution in [1.29, 1.82) is 0 Å². The second kappa shape index (κ2) is 10.6. The molecule has 208 valence electrons. The van der Waals surface area contributed by atoms with Gasteiger partial charge in [-0.1, -0.05) is 23.5 Å². The summed E-state index contributed by atoms with van der Waals surface area (Å²) >= 11 is 1.27. The van der Waals surface area contributed by atoms with Crippen molar-refractivity contribution >= 4 is 33.8 Å². The average Bonchev–Trinajstić information content (AvgIpc) is 3.59. The molecule has 5 heterocycles. The van der Waals surface area contributed by atoms with E-state index in [-0.39, 0.29) is 28.3 Å². The number of aromatic nitrogens is 7. The molecule has 0 aliphatic heterocycles. The number of nitrogen functional groups attached to an aromatic ring is 1. The number of methoxy groups -OCH3 is 1. The first-order valence-electron chi connectivity index (χ1n) is 12.4. The zero-order valence-electron chi connectivity index (χ0n) is 21.8. The maximum Gasteiger partial charge on any atom is 0.273 e. The van der Waals surface area contributed by atoms with Crippen molar-refractivity contribution in [2.75, 3.05) is 26.1 Å². The number of benzene rings is 1. The fourth-order valence-electron chi connectivity index (χ4n) is 4.55. The number of rotatable bonds is 8. The summed E-state index contributed by atoms with van der Waals surface area (Å²) in [5, 5.41) is 5.73. The Morgan fingerprint density at radius 2 is 1.95 bits per heavy atom. The first kappa shape index (κ1) is 26.4. The van der Waals surface area contributed by atoms with Gasteiger partial charge in [0.05, 0.1) is 40.4 Å². The molecule has 0 saturated carbocycles. The summed E-state index contributed by atoms with van der Waals surface area (Å²) in [6.07, 6.45) is 3.98. The maximum atomic E-state index is 14.3. The van der Waals surface area contributed by atoms with E-state index in [2.05, 4.69) is 15.0 Å². The Labute approximate surface area is 234 Å². The number of nitrogens with zero attached hydrogens (tertiary/aromatic N) is 7. The molecule has 2 N–H and O–H groups in total. The summed E-state index contributed by atoms with van der Waals surface area (Å²) in [7, 11) is 1.58. The van der Waals surface area contributed by atoms with E-state index in [9.17, 15) is 13.6 Å². The van der Waals surface area contributed by atoms with Crippen molar-refractivity contribution in [3.63, 3.8) is 0 Å². The van der Waals surface area contributed by atoms with E-state index in [1.54, 1.807) is 31.0 Å². The molecule has 14 heteroatoms. The van der Waals surface area contributed by atoms with Crippen molar-refractivity contribution in [3.05, 3.63) is 82.8 Å². The van der Waals surface area contributed by atoms with E-state index < -0.39 is 23.2 Å². The van der Waals surface area contributed by atoms with Crippen LogP contribution in [0.5, 0.6) is 5.19 Å². The van der Waals surface area contributed by atoms with Gasteiger partial charge < -0.3 is 15.2 Å². The number of hydrogen-bond acceptors (Lipinski definition) is 10. The van der Waals surface area contributed by atoms with Gasteiger partial charge in [0, 0.05) is 13.3 Å². The van der Waals surface area contributed by atoms with Crippen LogP contribution in [0.1, 0.15) is 18.7 Å². The number of fused-ring (bicyclic) bond motifs is 2. The van der Waals surface area contributed by atoms with Gasteiger partial charge in [-0.15, -0.1) is 0 Å². The molecule has 11 nitrogen and oxygen atoms in total. The van der Waals surface area contributed by atoms with Gasteiger partial charge in [-0.05, 0) is 36.8 Å². The topological polar surface area (TPSA) is 135 Å². The van der Waals surface area contributed by atoms with Crippen LogP contribution in [0, 0.1) is 11.6 Å². The number of hydrogen-bond donors (Lipinski definition) is 1. The predicted octanol–water partition coefficient (Wildman–Crippen LogP) is 4.12. The third-order valence-electron chi connectivity index (χ3n) is 6.44. The number of thiazole rings is 1. The number of pyridine rings is 1. The molecule has 6 rings (SSSR count). The van der Waals surface area contributed by atoms with Crippen LogP contribution in [-0.4, -0.2) is 54.4 Å². The Morgan fingerprint density at radius 3 is 2.76 bits per heavy atom. The molecule has 0 amide bonds. The normalized spacial score (nSPS) is 12.3. The molecule has 0 bridgehead atoms. The predicted molar refractivity (Wildman–Crippen MR) is 149 cm³/mol. The third kappa shape index (κ3) is 4.76. The summed E-state index contributed by atoms with van der Waals surface area (Å²) in [4.78, 5) is 32.0. The van der Waals surface area contributed by atoms with Gasteiger partial charge in [-0.3, -0.25) is 9.20 Å². The zero-order valence-corrected chi connectivity index (χ0v) is 22.6. The molecular formula is C27H22F2N8O3S. The van der Waals surface area contributed by atoms with Gasteiger partial charge in [0.25, 0.3) is 10.8 Å². The molecule has 0 aliphatic rings. The van der Waals surface area contributed by atoms with Gasteiger partial charge in [0.15, 0.2) is 5.65 Å². The second-order valence-electron chi connectivity index (χ2n) is 9.02. The minimum Gasteiger partial charge on any atom is -0.468 e. The smallest absolute Gasteiger partial charge is 0.273 e. The van der Waals surface area contributed by atoms with Crippen LogP contribution >= 0.6 is 11.3 Å². The Balaban J connectivity index is 1.55. The first-order valence-corrected chi connectivity index (χ1v) is 13.2. The zero-order chi connectivity index (χ0) is 28.7. The molecule has 41 heavy (non-hydrogen) atoms. The summed E-state index contributed by atoms with van der Waals surface area (Å²) in [6.45, 7) is 2.52. The fraction of sp³-hybridized carbons (Fsp3) is 0.185. The van der Waals surface area contributed by atoms with E-state index >= 15 is 0 Å². The van der Waals surface area contributed by atoms with Crippen molar-refractivity contribution < 1.29 is 18.3 Å². The molecule has 0 aliphatic carbocycles. The molecule has 0 unspecified atom stereocenters. The van der Waals surface area contributed by atoms with Crippen LogP contribution < -0.4 is 16.0 Å². The monoisotopic (exact) mass is 576 g/mol. The van der Waals surface area contributed by atoms with Crippen LogP contribution in [0.3, 0.4) is 0 Å². The van der Waals surface area contributed by atoms with E-state index in [1.807, 2.05) is 0 Å². The van der Waals surface area contributed by atoms with Crippen molar-refractivity contribution in [1.82, 2.24) is 34.1 Å². The molecule has 5 aromatic heterocycles.